The van der Waals surface area contributed by atoms with Crippen molar-refractivity contribution in [3.63, 3.8) is 0 Å². The van der Waals surface area contributed by atoms with Crippen LogP contribution >= 0.6 is 0 Å². The molecule has 0 bridgehead atoms. The Labute approximate surface area is 222 Å². The number of nitrogens with zero attached hydrogens (tertiary/aromatic N) is 2. The molecular weight excluding hydrogens is 483 g/mol. The first-order chi connectivity index (χ1) is 18.2. The number of ketones is 1. The van der Waals surface area contributed by atoms with Crippen LogP contribution in [-0.2, 0) is 4.79 Å². The molecule has 0 radical (unpaired) electrons. The van der Waals surface area contributed by atoms with Crippen molar-refractivity contribution in [1.29, 1.82) is 0 Å². The zero-order valence-electron chi connectivity index (χ0n) is 22.2. The van der Waals surface area contributed by atoms with E-state index in [1.54, 1.807) is 19.2 Å². The van der Waals surface area contributed by atoms with Gasteiger partial charge in [-0.2, -0.15) is 0 Å². The van der Waals surface area contributed by atoms with Gasteiger partial charge in [-0.15, -0.1) is 0 Å². The molecule has 3 aromatic rings. The minimum absolute atomic E-state index is 0.0582. The molecule has 1 aliphatic heterocycles. The number of phenolic OH excluding ortho intramolecular Hbond substituents is 1. The Hall–Kier alpha value is -3.52. The van der Waals surface area contributed by atoms with E-state index < -0.39 is 5.82 Å². The molecule has 200 valence electrons. The van der Waals surface area contributed by atoms with Crippen molar-refractivity contribution in [1.82, 2.24) is 15.2 Å². The molecule has 2 heterocycles. The summed E-state index contributed by atoms with van der Waals surface area (Å²) < 4.78 is 14.3. The number of hydrogen-bond acceptors (Lipinski definition) is 6. The first-order valence-electron chi connectivity index (χ1n) is 13.4. The van der Waals surface area contributed by atoms with E-state index >= 15 is 0 Å². The second kappa shape index (κ2) is 10.7. The number of likely N-dealkylation sites (N-methyl/N-ethyl adjacent to an activating group) is 1. The van der Waals surface area contributed by atoms with Crippen LogP contribution in [-0.4, -0.2) is 58.4 Å². The van der Waals surface area contributed by atoms with Gasteiger partial charge in [-0.3, -0.25) is 14.6 Å². The molecule has 7 nitrogen and oxygen atoms in total. The predicted molar refractivity (Wildman–Crippen MR) is 147 cm³/mol. The Bertz CT molecular complexity index is 1350. The molecule has 2 aromatic carbocycles. The van der Waals surface area contributed by atoms with Crippen LogP contribution in [0.3, 0.4) is 0 Å². The summed E-state index contributed by atoms with van der Waals surface area (Å²) in [5, 5.41) is 17.6. The van der Waals surface area contributed by atoms with Crippen molar-refractivity contribution in [3.05, 3.63) is 53.5 Å². The number of aromatic nitrogens is 1. The third-order valence-electron chi connectivity index (χ3n) is 8.13. The van der Waals surface area contributed by atoms with E-state index in [-0.39, 0.29) is 35.6 Å². The number of pyridine rings is 1. The summed E-state index contributed by atoms with van der Waals surface area (Å²) in [6.07, 6.45) is 7.10. The SMILES string of the molecule is CC(=O)c1cnc2ccc(-c3cc(C)c(O)c(F)c3)cc2c1NC1CCC(N(C)C(=O)[C@@H]2CCCN2)CC1. The Morgan fingerprint density at radius 1 is 1.11 bits per heavy atom. The van der Waals surface area contributed by atoms with Crippen molar-refractivity contribution in [2.75, 3.05) is 18.9 Å². The van der Waals surface area contributed by atoms with Gasteiger partial charge in [0.2, 0.25) is 5.91 Å². The lowest BCUT2D eigenvalue weighted by Crippen LogP contribution is -2.48. The van der Waals surface area contributed by atoms with Crippen LogP contribution in [0.5, 0.6) is 5.75 Å². The monoisotopic (exact) mass is 518 g/mol. The minimum Gasteiger partial charge on any atom is -0.505 e. The molecule has 8 heteroatoms. The Kier molecular flexibility index (Phi) is 7.34. The number of Topliss-reactive ketones (excluding diaryl/α,β-unsaturated/α-hetero) is 1. The number of phenols is 1. The summed E-state index contributed by atoms with van der Waals surface area (Å²) in [6, 6.07) is 9.04. The van der Waals surface area contributed by atoms with Gasteiger partial charge in [0, 0.05) is 30.7 Å². The lowest BCUT2D eigenvalue weighted by Gasteiger charge is -2.36. The van der Waals surface area contributed by atoms with Crippen LogP contribution in [0.2, 0.25) is 0 Å². The maximum absolute atomic E-state index is 14.3. The zero-order chi connectivity index (χ0) is 27.0. The lowest BCUT2D eigenvalue weighted by atomic mass is 9.89. The third kappa shape index (κ3) is 5.10. The minimum atomic E-state index is -0.669. The van der Waals surface area contributed by atoms with Crippen molar-refractivity contribution < 1.29 is 19.1 Å². The normalized spacial score (nSPS) is 21.4. The van der Waals surface area contributed by atoms with Crippen LogP contribution in [0.4, 0.5) is 10.1 Å². The number of benzene rings is 2. The summed E-state index contributed by atoms with van der Waals surface area (Å²) in [7, 11) is 1.92. The van der Waals surface area contributed by atoms with Crippen molar-refractivity contribution in [3.8, 4) is 16.9 Å². The quantitative estimate of drug-likeness (QED) is 0.389. The fourth-order valence-corrected chi connectivity index (χ4v) is 5.83. The van der Waals surface area contributed by atoms with Gasteiger partial charge < -0.3 is 20.6 Å². The molecule has 1 saturated heterocycles. The molecule has 2 fully saturated rings. The third-order valence-corrected chi connectivity index (χ3v) is 8.13. The molecular formula is C30H35FN4O3. The Balaban J connectivity index is 1.39. The second-order valence-electron chi connectivity index (χ2n) is 10.7. The van der Waals surface area contributed by atoms with Gasteiger partial charge in [-0.25, -0.2) is 4.39 Å². The second-order valence-corrected chi connectivity index (χ2v) is 10.7. The van der Waals surface area contributed by atoms with Crippen LogP contribution in [0, 0.1) is 12.7 Å². The molecule has 3 N–H and O–H groups in total. The predicted octanol–water partition coefficient (Wildman–Crippen LogP) is 5.19. The zero-order valence-corrected chi connectivity index (χ0v) is 22.2. The van der Waals surface area contributed by atoms with Crippen LogP contribution in [0.1, 0.15) is 61.4 Å². The van der Waals surface area contributed by atoms with E-state index in [0.29, 0.717) is 16.7 Å². The Morgan fingerprint density at radius 2 is 1.87 bits per heavy atom. The van der Waals surface area contributed by atoms with E-state index in [1.165, 1.54) is 13.0 Å². The molecule has 38 heavy (non-hydrogen) atoms. The first kappa shape index (κ1) is 26.1. The van der Waals surface area contributed by atoms with Gasteiger partial charge in [0.25, 0.3) is 0 Å². The Morgan fingerprint density at radius 3 is 2.53 bits per heavy atom. The smallest absolute Gasteiger partial charge is 0.239 e. The highest BCUT2D eigenvalue weighted by Crippen LogP contribution is 2.35. The fourth-order valence-electron chi connectivity index (χ4n) is 5.83. The van der Waals surface area contributed by atoms with Gasteiger partial charge in [0.15, 0.2) is 17.3 Å². The molecule has 5 rings (SSSR count). The number of rotatable bonds is 6. The molecule has 1 amide bonds. The van der Waals surface area contributed by atoms with Crippen molar-refractivity contribution in [2.45, 2.75) is 70.5 Å². The van der Waals surface area contributed by atoms with E-state index in [9.17, 15) is 19.1 Å². The van der Waals surface area contributed by atoms with Gasteiger partial charge in [0.05, 0.1) is 22.8 Å². The lowest BCUT2D eigenvalue weighted by molar-refractivity contribution is -0.134. The number of carbonyl (C=O) groups is 2. The van der Waals surface area contributed by atoms with Crippen LogP contribution < -0.4 is 10.6 Å². The first-order valence-corrected chi connectivity index (χ1v) is 13.4. The highest BCUT2D eigenvalue weighted by molar-refractivity contribution is 6.07. The maximum atomic E-state index is 14.3. The van der Waals surface area contributed by atoms with Gasteiger partial charge in [-0.05, 0) is 99.9 Å². The molecule has 1 aliphatic carbocycles. The molecule has 0 spiro atoms. The van der Waals surface area contributed by atoms with E-state index in [0.717, 1.165) is 67.2 Å². The highest BCUT2D eigenvalue weighted by Gasteiger charge is 2.32. The van der Waals surface area contributed by atoms with Crippen LogP contribution in [0.25, 0.3) is 22.0 Å². The largest absolute Gasteiger partial charge is 0.505 e. The summed E-state index contributed by atoms with van der Waals surface area (Å²) in [5.74, 6) is -0.911. The number of hydrogen-bond donors (Lipinski definition) is 3. The van der Waals surface area contributed by atoms with Gasteiger partial charge in [-0.1, -0.05) is 6.07 Å². The van der Waals surface area contributed by atoms with Crippen molar-refractivity contribution >= 4 is 28.3 Å². The fraction of sp³-hybridized carbons (Fsp3) is 0.433. The van der Waals surface area contributed by atoms with E-state index in [2.05, 4.69) is 15.6 Å². The van der Waals surface area contributed by atoms with E-state index in [1.807, 2.05) is 30.1 Å². The number of amides is 1. The average Bonchev–Trinajstić information content (AvgIpc) is 3.46. The summed E-state index contributed by atoms with van der Waals surface area (Å²) in [5.41, 5.74) is 3.87. The molecule has 0 unspecified atom stereocenters. The van der Waals surface area contributed by atoms with Gasteiger partial charge >= 0.3 is 0 Å². The molecule has 2 aliphatic rings. The summed E-state index contributed by atoms with van der Waals surface area (Å²) in [4.78, 5) is 31.9. The number of fused-ring (bicyclic) bond motifs is 1. The summed E-state index contributed by atoms with van der Waals surface area (Å²) in [6.45, 7) is 4.10. The van der Waals surface area contributed by atoms with Gasteiger partial charge in [0.1, 0.15) is 0 Å². The number of aryl methyl sites for hydroxylation is 1. The number of carbonyl (C=O) groups excluding carboxylic acids is 2. The summed E-state index contributed by atoms with van der Waals surface area (Å²) >= 11 is 0. The number of halogens is 1. The van der Waals surface area contributed by atoms with Crippen molar-refractivity contribution in [2.24, 2.45) is 0 Å². The van der Waals surface area contributed by atoms with Crippen LogP contribution in [0.15, 0.2) is 36.5 Å². The molecule has 1 atom stereocenters. The number of aromatic hydroxyl groups is 1. The standard InChI is InChI=1S/C30H35FN4O3/c1-17-13-20(15-25(31)29(17)37)19-6-11-26-23(14-19)28(24(16-33-26)18(2)36)34-21-7-9-22(10-8-21)35(3)30(38)27-5-4-12-32-27/h6,11,13-16,21-22,27,32,37H,4-5,7-10,12H2,1-3H3,(H,33,34)/t21?,22?,27-/m0/s1. The molecule has 1 saturated carbocycles. The maximum Gasteiger partial charge on any atom is 0.239 e. The van der Waals surface area contributed by atoms with E-state index in [4.69, 9.17) is 0 Å². The number of anilines is 1. The number of nitrogens with one attached hydrogen (secondary N) is 2. The molecule has 1 aromatic heterocycles. The average molecular weight is 519 g/mol. The topological polar surface area (TPSA) is 94.6 Å². The highest BCUT2D eigenvalue weighted by atomic mass is 19.1.